The van der Waals surface area contributed by atoms with Crippen molar-refractivity contribution in [2.24, 2.45) is 0 Å². The van der Waals surface area contributed by atoms with E-state index in [-0.39, 0.29) is 0 Å². The highest BCUT2D eigenvalue weighted by Crippen LogP contribution is 2.33. The Morgan fingerprint density at radius 3 is 2.52 bits per heavy atom. The zero-order valence-corrected chi connectivity index (χ0v) is 16.8. The summed E-state index contributed by atoms with van der Waals surface area (Å²) in [6, 6.07) is 10.5. The maximum absolute atomic E-state index is 10.7. The lowest BCUT2D eigenvalue weighted by Gasteiger charge is -2.36. The number of hydrogen-bond donors (Lipinski definition) is 1. The molecule has 5 nitrogen and oxygen atoms in total. The number of β-amino-alcohol motifs (C(OH)–C–C–N with tert-alkyl or cyclic N) is 1. The number of nitrogens with zero attached hydrogens (tertiary/aromatic N) is 4. The highest BCUT2D eigenvalue weighted by molar-refractivity contribution is 5.80. The van der Waals surface area contributed by atoms with Gasteiger partial charge in [0.25, 0.3) is 0 Å². The molecule has 1 aliphatic heterocycles. The summed E-state index contributed by atoms with van der Waals surface area (Å²) in [5, 5.41) is 11.8. The van der Waals surface area contributed by atoms with Gasteiger partial charge in [-0.1, -0.05) is 12.8 Å². The van der Waals surface area contributed by atoms with Gasteiger partial charge in [0.05, 0.1) is 5.60 Å². The summed E-state index contributed by atoms with van der Waals surface area (Å²) in [6.07, 6.45) is 12.0. The number of piperidine rings is 1. The molecule has 0 bridgehead atoms. The van der Waals surface area contributed by atoms with Crippen LogP contribution >= 0.6 is 0 Å². The average Bonchev–Trinajstić information content (AvgIpc) is 3.20. The number of likely N-dealkylation sites (tertiary alicyclic amines) is 1. The molecule has 1 saturated heterocycles. The molecule has 0 amide bonds. The van der Waals surface area contributed by atoms with E-state index < -0.39 is 5.60 Å². The van der Waals surface area contributed by atoms with Crippen molar-refractivity contribution in [1.82, 2.24) is 19.9 Å². The van der Waals surface area contributed by atoms with Crippen LogP contribution in [-0.2, 0) is 0 Å². The predicted molar refractivity (Wildman–Crippen MR) is 115 cm³/mol. The molecule has 5 heteroatoms. The highest BCUT2D eigenvalue weighted by atomic mass is 16.3. The zero-order valence-electron chi connectivity index (χ0n) is 16.8. The van der Waals surface area contributed by atoms with Gasteiger partial charge < -0.3 is 10.0 Å². The minimum Gasteiger partial charge on any atom is -0.389 e. The van der Waals surface area contributed by atoms with Crippen LogP contribution in [0.25, 0.3) is 22.2 Å². The molecule has 3 aromatic rings. The highest BCUT2D eigenvalue weighted by Gasteiger charge is 2.34. The zero-order chi connectivity index (χ0) is 19.7. The Balaban J connectivity index is 1.27. The van der Waals surface area contributed by atoms with Crippen LogP contribution < -0.4 is 0 Å². The molecular weight excluding hydrogens is 360 g/mol. The van der Waals surface area contributed by atoms with Gasteiger partial charge in [-0.15, -0.1) is 0 Å². The average molecular weight is 389 g/mol. The molecule has 0 aromatic carbocycles. The SMILES string of the molecule is OC1(CN2CCC(c3ccc4cc(-c5ccncc5)cnc4n3)CC2)CCCC1. The van der Waals surface area contributed by atoms with Gasteiger partial charge >= 0.3 is 0 Å². The van der Waals surface area contributed by atoms with E-state index >= 15 is 0 Å². The second kappa shape index (κ2) is 7.81. The molecular formula is C24H28N4O. The van der Waals surface area contributed by atoms with Gasteiger partial charge in [-0.05, 0) is 74.7 Å². The van der Waals surface area contributed by atoms with Crippen LogP contribution in [0.2, 0.25) is 0 Å². The van der Waals surface area contributed by atoms with Gasteiger partial charge in [-0.3, -0.25) is 4.98 Å². The maximum atomic E-state index is 10.7. The third-order valence-electron chi connectivity index (χ3n) is 6.64. The van der Waals surface area contributed by atoms with E-state index in [1.807, 2.05) is 18.3 Å². The number of pyridine rings is 3. The summed E-state index contributed by atoms with van der Waals surface area (Å²) in [5.41, 5.74) is 3.75. The Labute approximate surface area is 171 Å². The summed E-state index contributed by atoms with van der Waals surface area (Å²) < 4.78 is 0. The van der Waals surface area contributed by atoms with Crippen LogP contribution in [0.3, 0.4) is 0 Å². The van der Waals surface area contributed by atoms with Crippen molar-refractivity contribution < 1.29 is 5.11 Å². The fourth-order valence-electron chi connectivity index (χ4n) is 4.95. The largest absolute Gasteiger partial charge is 0.389 e. The lowest BCUT2D eigenvalue weighted by molar-refractivity contribution is 0.00290. The molecule has 1 N–H and O–H groups in total. The normalized spacial score (nSPS) is 20.3. The maximum Gasteiger partial charge on any atom is 0.159 e. The van der Waals surface area contributed by atoms with E-state index in [1.165, 1.54) is 12.8 Å². The molecule has 3 aromatic heterocycles. The van der Waals surface area contributed by atoms with E-state index in [2.05, 4.69) is 33.1 Å². The Morgan fingerprint density at radius 1 is 1.00 bits per heavy atom. The fraction of sp³-hybridized carbons (Fsp3) is 0.458. The van der Waals surface area contributed by atoms with Gasteiger partial charge in [-0.25, -0.2) is 9.97 Å². The third kappa shape index (κ3) is 4.02. The van der Waals surface area contributed by atoms with Crippen molar-refractivity contribution >= 4 is 11.0 Å². The topological polar surface area (TPSA) is 62.1 Å². The van der Waals surface area contributed by atoms with E-state index in [4.69, 9.17) is 4.98 Å². The summed E-state index contributed by atoms with van der Waals surface area (Å²) in [5.74, 6) is 0.482. The Hall–Kier alpha value is -2.37. The molecule has 0 atom stereocenters. The molecule has 5 rings (SSSR count). The third-order valence-corrected chi connectivity index (χ3v) is 6.64. The van der Waals surface area contributed by atoms with Gasteiger partial charge in [0.15, 0.2) is 5.65 Å². The minimum absolute atomic E-state index is 0.440. The smallest absolute Gasteiger partial charge is 0.159 e. The van der Waals surface area contributed by atoms with Crippen molar-refractivity contribution in [3.63, 3.8) is 0 Å². The number of aliphatic hydroxyl groups is 1. The molecule has 150 valence electrons. The molecule has 0 unspecified atom stereocenters. The van der Waals surface area contributed by atoms with E-state index in [9.17, 15) is 5.11 Å². The summed E-state index contributed by atoms with van der Waals surface area (Å²) in [6.45, 7) is 2.92. The van der Waals surface area contributed by atoms with Crippen LogP contribution in [-0.4, -0.2) is 50.2 Å². The molecule has 29 heavy (non-hydrogen) atoms. The molecule has 0 spiro atoms. The van der Waals surface area contributed by atoms with Gasteiger partial charge in [0, 0.05) is 47.7 Å². The molecule has 1 aliphatic carbocycles. The number of hydrogen-bond acceptors (Lipinski definition) is 5. The first-order chi connectivity index (χ1) is 14.2. The molecule has 4 heterocycles. The van der Waals surface area contributed by atoms with Crippen molar-refractivity contribution in [2.45, 2.75) is 50.0 Å². The van der Waals surface area contributed by atoms with Crippen LogP contribution in [0.4, 0.5) is 0 Å². The Bertz CT molecular complexity index is 977. The summed E-state index contributed by atoms with van der Waals surface area (Å²) in [4.78, 5) is 16.0. The molecule has 2 fully saturated rings. The number of rotatable bonds is 4. The lowest BCUT2D eigenvalue weighted by Crippen LogP contribution is -2.44. The van der Waals surface area contributed by atoms with Crippen LogP contribution in [0.1, 0.15) is 50.1 Å². The first-order valence-corrected chi connectivity index (χ1v) is 10.8. The first-order valence-electron chi connectivity index (χ1n) is 10.8. The van der Waals surface area contributed by atoms with Gasteiger partial charge in [-0.2, -0.15) is 0 Å². The fourth-order valence-corrected chi connectivity index (χ4v) is 4.95. The first kappa shape index (κ1) is 18.6. The second-order valence-electron chi connectivity index (χ2n) is 8.72. The van der Waals surface area contributed by atoms with Gasteiger partial charge in [0.2, 0.25) is 0 Å². The van der Waals surface area contributed by atoms with Crippen LogP contribution in [0, 0.1) is 0 Å². The van der Waals surface area contributed by atoms with Crippen molar-refractivity contribution in [2.75, 3.05) is 19.6 Å². The Kier molecular flexibility index (Phi) is 5.02. The van der Waals surface area contributed by atoms with Crippen molar-refractivity contribution in [3.8, 4) is 11.1 Å². The standard InChI is InChI=1S/C24H28N4O/c29-24(9-1-2-10-24)17-28-13-7-19(8-14-28)22-4-3-20-15-21(16-26-23(20)27-22)18-5-11-25-12-6-18/h3-6,11-12,15-16,19,29H,1-2,7-10,13-14,17H2. The minimum atomic E-state index is -0.440. The molecule has 2 aliphatic rings. The lowest BCUT2D eigenvalue weighted by atomic mass is 9.91. The predicted octanol–water partition coefficient (Wildman–Crippen LogP) is 4.18. The van der Waals surface area contributed by atoms with E-state index in [0.717, 1.165) is 73.2 Å². The summed E-state index contributed by atoms with van der Waals surface area (Å²) >= 11 is 0. The monoisotopic (exact) mass is 388 g/mol. The second-order valence-corrected chi connectivity index (χ2v) is 8.72. The number of fused-ring (bicyclic) bond motifs is 1. The number of aromatic nitrogens is 3. The quantitative estimate of drug-likeness (QED) is 0.727. The van der Waals surface area contributed by atoms with Gasteiger partial charge in [0.1, 0.15) is 0 Å². The van der Waals surface area contributed by atoms with E-state index in [1.54, 1.807) is 12.4 Å². The molecule has 0 radical (unpaired) electrons. The van der Waals surface area contributed by atoms with E-state index in [0.29, 0.717) is 5.92 Å². The van der Waals surface area contributed by atoms with Crippen LogP contribution in [0.5, 0.6) is 0 Å². The van der Waals surface area contributed by atoms with Crippen molar-refractivity contribution in [1.29, 1.82) is 0 Å². The molecule has 1 saturated carbocycles. The summed E-state index contributed by atoms with van der Waals surface area (Å²) in [7, 11) is 0. The van der Waals surface area contributed by atoms with Crippen LogP contribution in [0.15, 0.2) is 48.9 Å². The van der Waals surface area contributed by atoms with Crippen molar-refractivity contribution in [3.05, 3.63) is 54.6 Å². The Morgan fingerprint density at radius 2 is 1.76 bits per heavy atom.